The molecule has 2 aromatic rings. The Labute approximate surface area is 170 Å². The highest BCUT2D eigenvalue weighted by atomic mass is 16.6. The highest BCUT2D eigenvalue weighted by Gasteiger charge is 2.17. The smallest absolute Gasteiger partial charge is 0.303 e. The van der Waals surface area contributed by atoms with Crippen molar-refractivity contribution in [2.45, 2.75) is 40.7 Å². The van der Waals surface area contributed by atoms with E-state index in [4.69, 9.17) is 14.2 Å². The summed E-state index contributed by atoms with van der Waals surface area (Å²) in [6.07, 6.45) is 0.169. The average molecular weight is 398 g/mol. The molecule has 0 aliphatic carbocycles. The molecule has 6 heteroatoms. The van der Waals surface area contributed by atoms with Crippen LogP contribution >= 0.6 is 0 Å². The zero-order valence-corrected chi connectivity index (χ0v) is 17.4. The summed E-state index contributed by atoms with van der Waals surface area (Å²) in [7, 11) is 0. The Kier molecular flexibility index (Phi) is 7.53. The quantitative estimate of drug-likeness (QED) is 0.495. The van der Waals surface area contributed by atoms with Gasteiger partial charge in [-0.1, -0.05) is 18.2 Å². The molecule has 6 nitrogen and oxygen atoms in total. The molecule has 0 spiro atoms. The molecule has 0 saturated heterocycles. The van der Waals surface area contributed by atoms with E-state index in [0.717, 1.165) is 34.1 Å². The average Bonchev–Trinajstić information content (AvgIpc) is 2.64. The number of aldehydes is 1. The van der Waals surface area contributed by atoms with Gasteiger partial charge in [0.05, 0.1) is 0 Å². The Morgan fingerprint density at radius 2 is 1.66 bits per heavy atom. The minimum Gasteiger partial charge on any atom is -0.490 e. The molecule has 0 bridgehead atoms. The summed E-state index contributed by atoms with van der Waals surface area (Å²) in [5.74, 6) is -0.307. The van der Waals surface area contributed by atoms with E-state index in [0.29, 0.717) is 11.3 Å². The Morgan fingerprint density at radius 1 is 1.00 bits per heavy atom. The van der Waals surface area contributed by atoms with Crippen LogP contribution < -0.4 is 4.74 Å². The Bertz CT molecular complexity index is 893. The Balaban J connectivity index is 2.23. The van der Waals surface area contributed by atoms with Crippen LogP contribution in [0.15, 0.2) is 30.3 Å². The van der Waals surface area contributed by atoms with Crippen molar-refractivity contribution in [3.63, 3.8) is 0 Å². The van der Waals surface area contributed by atoms with Gasteiger partial charge in [0.25, 0.3) is 0 Å². The molecule has 29 heavy (non-hydrogen) atoms. The second-order valence-corrected chi connectivity index (χ2v) is 6.91. The fourth-order valence-corrected chi connectivity index (χ4v) is 3.23. The van der Waals surface area contributed by atoms with E-state index in [1.807, 2.05) is 45.0 Å². The lowest BCUT2D eigenvalue weighted by Crippen LogP contribution is -2.29. The first kappa shape index (κ1) is 22.1. The molecule has 0 amide bonds. The van der Waals surface area contributed by atoms with Crippen molar-refractivity contribution in [2.75, 3.05) is 13.2 Å². The minimum atomic E-state index is -0.691. The molecule has 0 unspecified atom stereocenters. The largest absolute Gasteiger partial charge is 0.490 e. The standard InChI is InChI=1S/C23H26O6/c1-14-9-20(28-13-21(29-18(5)26)12-27-17(4)25)10-15(2)23(14)22-8-6-7-19(11-24)16(22)3/h6-11,21H,12-13H2,1-5H3/t21-/m1/s1. The molecule has 0 aliphatic rings. The fourth-order valence-electron chi connectivity index (χ4n) is 3.23. The van der Waals surface area contributed by atoms with Crippen LogP contribution in [0.2, 0.25) is 0 Å². The molecule has 0 heterocycles. The number of esters is 2. The van der Waals surface area contributed by atoms with Gasteiger partial charge in [-0.25, -0.2) is 0 Å². The molecular weight excluding hydrogens is 372 g/mol. The Morgan fingerprint density at radius 3 is 2.21 bits per heavy atom. The van der Waals surface area contributed by atoms with Gasteiger partial charge in [0.2, 0.25) is 0 Å². The minimum absolute atomic E-state index is 0.0603. The Hall–Kier alpha value is -3.15. The first-order valence-electron chi connectivity index (χ1n) is 9.32. The van der Waals surface area contributed by atoms with Crippen molar-refractivity contribution in [1.82, 2.24) is 0 Å². The highest BCUT2D eigenvalue weighted by molar-refractivity contribution is 5.84. The molecule has 0 aliphatic heterocycles. The van der Waals surface area contributed by atoms with E-state index in [2.05, 4.69) is 0 Å². The summed E-state index contributed by atoms with van der Waals surface area (Å²) in [5, 5.41) is 0. The summed E-state index contributed by atoms with van der Waals surface area (Å²) in [4.78, 5) is 33.5. The van der Waals surface area contributed by atoms with E-state index >= 15 is 0 Å². The van der Waals surface area contributed by atoms with Gasteiger partial charge in [-0.3, -0.25) is 14.4 Å². The zero-order valence-electron chi connectivity index (χ0n) is 17.4. The van der Waals surface area contributed by atoms with Gasteiger partial charge < -0.3 is 14.2 Å². The van der Waals surface area contributed by atoms with Crippen molar-refractivity contribution in [3.8, 4) is 16.9 Å². The van der Waals surface area contributed by atoms with Crippen LogP contribution in [0.3, 0.4) is 0 Å². The second kappa shape index (κ2) is 9.87. The van der Waals surface area contributed by atoms with Gasteiger partial charge in [-0.15, -0.1) is 0 Å². The molecule has 1 atom stereocenters. The number of hydrogen-bond donors (Lipinski definition) is 0. The van der Waals surface area contributed by atoms with Crippen molar-refractivity contribution < 1.29 is 28.6 Å². The van der Waals surface area contributed by atoms with E-state index in [1.54, 1.807) is 6.07 Å². The number of ether oxygens (including phenoxy) is 3. The van der Waals surface area contributed by atoms with Gasteiger partial charge in [0.1, 0.15) is 25.2 Å². The third-order valence-corrected chi connectivity index (χ3v) is 4.52. The number of carbonyl (C=O) groups excluding carboxylic acids is 3. The highest BCUT2D eigenvalue weighted by Crippen LogP contribution is 2.33. The maximum absolute atomic E-state index is 11.3. The molecule has 0 aromatic heterocycles. The normalized spacial score (nSPS) is 11.5. The van der Waals surface area contributed by atoms with Crippen LogP contribution in [0.5, 0.6) is 5.75 Å². The van der Waals surface area contributed by atoms with Gasteiger partial charge in [-0.05, 0) is 60.7 Å². The molecule has 154 valence electrons. The molecule has 0 saturated carbocycles. The van der Waals surface area contributed by atoms with Gasteiger partial charge >= 0.3 is 11.9 Å². The molecular formula is C23H26O6. The van der Waals surface area contributed by atoms with Crippen LogP contribution in [0, 0.1) is 20.8 Å². The van der Waals surface area contributed by atoms with E-state index in [-0.39, 0.29) is 13.2 Å². The van der Waals surface area contributed by atoms with Crippen molar-refractivity contribution in [2.24, 2.45) is 0 Å². The molecule has 0 fully saturated rings. The predicted octanol–water partition coefficient (Wildman–Crippen LogP) is 3.96. The van der Waals surface area contributed by atoms with Gasteiger partial charge in [-0.2, -0.15) is 0 Å². The molecule has 2 aromatic carbocycles. The number of carbonyl (C=O) groups is 3. The van der Waals surface area contributed by atoms with Crippen LogP contribution in [0.4, 0.5) is 0 Å². The van der Waals surface area contributed by atoms with E-state index in [9.17, 15) is 14.4 Å². The lowest BCUT2D eigenvalue weighted by Gasteiger charge is -2.19. The number of aryl methyl sites for hydroxylation is 2. The summed E-state index contributed by atoms with van der Waals surface area (Å²) >= 11 is 0. The first-order chi connectivity index (χ1) is 13.7. The van der Waals surface area contributed by atoms with Crippen LogP contribution in [-0.4, -0.2) is 37.5 Å². The van der Waals surface area contributed by atoms with Gasteiger partial charge in [0, 0.05) is 19.4 Å². The van der Waals surface area contributed by atoms with Crippen molar-refractivity contribution in [3.05, 3.63) is 52.6 Å². The molecule has 0 radical (unpaired) electrons. The van der Waals surface area contributed by atoms with Crippen molar-refractivity contribution >= 4 is 18.2 Å². The lowest BCUT2D eigenvalue weighted by molar-refractivity contribution is -0.158. The number of rotatable bonds is 8. The fraction of sp³-hybridized carbons (Fsp3) is 0.348. The number of hydrogen-bond acceptors (Lipinski definition) is 6. The molecule has 0 N–H and O–H groups in total. The lowest BCUT2D eigenvalue weighted by atomic mass is 9.90. The monoisotopic (exact) mass is 398 g/mol. The molecule has 2 rings (SSSR count). The number of benzene rings is 2. The maximum atomic E-state index is 11.3. The van der Waals surface area contributed by atoms with Crippen LogP contribution in [0.1, 0.15) is 40.9 Å². The topological polar surface area (TPSA) is 78.9 Å². The SMILES string of the molecule is CC(=O)OC[C@H](COc1cc(C)c(-c2cccc(C=O)c2C)c(C)c1)OC(C)=O. The van der Waals surface area contributed by atoms with E-state index < -0.39 is 18.0 Å². The van der Waals surface area contributed by atoms with E-state index in [1.165, 1.54) is 13.8 Å². The van der Waals surface area contributed by atoms with Gasteiger partial charge in [0.15, 0.2) is 6.10 Å². The third-order valence-electron chi connectivity index (χ3n) is 4.52. The maximum Gasteiger partial charge on any atom is 0.303 e. The van der Waals surface area contributed by atoms with Crippen molar-refractivity contribution in [1.29, 1.82) is 0 Å². The summed E-state index contributed by atoms with van der Waals surface area (Å²) < 4.78 is 15.9. The summed E-state index contributed by atoms with van der Waals surface area (Å²) in [6, 6.07) is 9.45. The third kappa shape index (κ3) is 5.91. The summed E-state index contributed by atoms with van der Waals surface area (Å²) in [5.41, 5.74) is 5.64. The van der Waals surface area contributed by atoms with Crippen LogP contribution in [-0.2, 0) is 19.1 Å². The van der Waals surface area contributed by atoms with Crippen LogP contribution in [0.25, 0.3) is 11.1 Å². The first-order valence-corrected chi connectivity index (χ1v) is 9.32. The predicted molar refractivity (Wildman–Crippen MR) is 109 cm³/mol. The zero-order chi connectivity index (χ0) is 21.6. The second-order valence-electron chi connectivity index (χ2n) is 6.91. The summed E-state index contributed by atoms with van der Waals surface area (Å²) in [6.45, 7) is 8.46.